The van der Waals surface area contributed by atoms with E-state index in [1.165, 1.54) is 25.1 Å². The van der Waals surface area contributed by atoms with Gasteiger partial charge >= 0.3 is 0 Å². The van der Waals surface area contributed by atoms with Crippen molar-refractivity contribution in [3.63, 3.8) is 0 Å². The van der Waals surface area contributed by atoms with Gasteiger partial charge in [-0.3, -0.25) is 4.90 Å². The molecule has 98 valence electrons. The summed E-state index contributed by atoms with van der Waals surface area (Å²) in [5, 5.41) is 0. The Bertz CT molecular complexity index is 402. The van der Waals surface area contributed by atoms with Crippen LogP contribution in [0.15, 0.2) is 24.3 Å². The average molecular weight is 263 g/mol. The second-order valence-electron chi connectivity index (χ2n) is 4.99. The molecule has 0 radical (unpaired) electrons. The van der Waals surface area contributed by atoms with Gasteiger partial charge in [-0.15, -0.1) is 0 Å². The van der Waals surface area contributed by atoms with E-state index >= 15 is 0 Å². The first kappa shape index (κ1) is 13.5. The van der Waals surface area contributed by atoms with Crippen molar-refractivity contribution in [3.05, 3.63) is 35.4 Å². The summed E-state index contributed by atoms with van der Waals surface area (Å²) in [6.45, 7) is 5.71. The van der Waals surface area contributed by atoms with Gasteiger partial charge in [-0.1, -0.05) is 36.5 Å². The summed E-state index contributed by atoms with van der Waals surface area (Å²) in [6, 6.07) is 8.29. The number of rotatable bonds is 3. The zero-order chi connectivity index (χ0) is 13.0. The highest BCUT2D eigenvalue weighted by atomic mass is 32.1. The Morgan fingerprint density at radius 2 is 1.89 bits per heavy atom. The molecule has 2 rings (SSSR count). The smallest absolute Gasteiger partial charge is 0.103 e. The Labute approximate surface area is 115 Å². The van der Waals surface area contributed by atoms with Gasteiger partial charge in [-0.25, -0.2) is 0 Å². The number of likely N-dealkylation sites (N-methyl/N-ethyl adjacent to an activating group) is 1. The molecule has 0 saturated carbocycles. The summed E-state index contributed by atoms with van der Waals surface area (Å²) in [6.07, 6.45) is 1.25. The quantitative estimate of drug-likeness (QED) is 0.837. The number of hydrogen-bond donors (Lipinski definition) is 1. The van der Waals surface area contributed by atoms with Gasteiger partial charge in [0.15, 0.2) is 0 Å². The van der Waals surface area contributed by atoms with Crippen LogP contribution in [0.2, 0.25) is 0 Å². The first-order valence-corrected chi connectivity index (χ1v) is 6.85. The van der Waals surface area contributed by atoms with Gasteiger partial charge in [0, 0.05) is 25.2 Å². The first-order chi connectivity index (χ1) is 8.65. The van der Waals surface area contributed by atoms with Crippen molar-refractivity contribution in [1.82, 2.24) is 9.80 Å². The average Bonchev–Trinajstić information content (AvgIpc) is 2.55. The Morgan fingerprint density at radius 3 is 2.56 bits per heavy atom. The molecule has 4 heteroatoms. The normalized spacial score (nSPS) is 18.5. The molecule has 0 unspecified atom stereocenters. The Kier molecular flexibility index (Phi) is 4.69. The molecule has 1 saturated heterocycles. The number of hydrogen-bond acceptors (Lipinski definition) is 3. The highest BCUT2D eigenvalue weighted by Gasteiger charge is 2.12. The predicted molar refractivity (Wildman–Crippen MR) is 79.7 cm³/mol. The second kappa shape index (κ2) is 6.27. The topological polar surface area (TPSA) is 32.5 Å². The molecule has 2 N–H and O–H groups in total. The van der Waals surface area contributed by atoms with Crippen LogP contribution in [0.3, 0.4) is 0 Å². The molecule has 1 fully saturated rings. The number of nitrogens with zero attached hydrogens (tertiary/aromatic N) is 2. The number of nitrogens with two attached hydrogens (primary N) is 1. The van der Waals surface area contributed by atoms with Crippen molar-refractivity contribution in [2.75, 3.05) is 33.2 Å². The van der Waals surface area contributed by atoms with Crippen LogP contribution in [0.4, 0.5) is 0 Å². The molecule has 1 aliphatic rings. The van der Waals surface area contributed by atoms with E-state index in [-0.39, 0.29) is 0 Å². The van der Waals surface area contributed by atoms with Crippen molar-refractivity contribution in [3.8, 4) is 0 Å². The van der Waals surface area contributed by atoms with E-state index < -0.39 is 0 Å². The van der Waals surface area contributed by atoms with Crippen molar-refractivity contribution in [2.24, 2.45) is 5.73 Å². The Balaban J connectivity index is 1.94. The van der Waals surface area contributed by atoms with Crippen molar-refractivity contribution in [1.29, 1.82) is 0 Å². The molecule has 1 aliphatic heterocycles. The summed E-state index contributed by atoms with van der Waals surface area (Å²) < 4.78 is 0. The van der Waals surface area contributed by atoms with Crippen LogP contribution in [0.25, 0.3) is 0 Å². The summed E-state index contributed by atoms with van der Waals surface area (Å²) in [4.78, 5) is 5.38. The van der Waals surface area contributed by atoms with Gasteiger partial charge in [0.25, 0.3) is 0 Å². The molecule has 0 atom stereocenters. The molecule has 0 spiro atoms. The van der Waals surface area contributed by atoms with E-state index in [4.69, 9.17) is 18.0 Å². The van der Waals surface area contributed by atoms with E-state index in [0.29, 0.717) is 4.99 Å². The van der Waals surface area contributed by atoms with Crippen LogP contribution in [-0.4, -0.2) is 48.0 Å². The third-order valence-corrected chi connectivity index (χ3v) is 3.69. The van der Waals surface area contributed by atoms with E-state index in [2.05, 4.69) is 29.0 Å². The molecular weight excluding hydrogens is 242 g/mol. The fraction of sp³-hybridized carbons (Fsp3) is 0.500. The van der Waals surface area contributed by atoms with Crippen LogP contribution in [0.1, 0.15) is 17.5 Å². The lowest BCUT2D eigenvalue weighted by atomic mass is 10.1. The Hall–Kier alpha value is -0.970. The fourth-order valence-corrected chi connectivity index (χ4v) is 2.43. The minimum atomic E-state index is 0.470. The van der Waals surface area contributed by atoms with Crippen LogP contribution >= 0.6 is 12.2 Å². The predicted octanol–water partition coefficient (Wildman–Crippen LogP) is 1.46. The maximum Gasteiger partial charge on any atom is 0.103 e. The molecular formula is C14H21N3S. The minimum absolute atomic E-state index is 0.470. The third kappa shape index (κ3) is 3.77. The van der Waals surface area contributed by atoms with Crippen molar-refractivity contribution >= 4 is 17.2 Å². The summed E-state index contributed by atoms with van der Waals surface area (Å²) in [7, 11) is 2.19. The maximum atomic E-state index is 5.60. The van der Waals surface area contributed by atoms with Crippen molar-refractivity contribution < 1.29 is 0 Å². The molecule has 3 nitrogen and oxygen atoms in total. The number of benzene rings is 1. The lowest BCUT2D eigenvalue weighted by molar-refractivity contribution is 0.269. The van der Waals surface area contributed by atoms with Crippen molar-refractivity contribution in [2.45, 2.75) is 13.0 Å². The zero-order valence-electron chi connectivity index (χ0n) is 10.9. The van der Waals surface area contributed by atoms with Gasteiger partial charge in [0.05, 0.1) is 0 Å². The van der Waals surface area contributed by atoms with Crippen LogP contribution < -0.4 is 5.73 Å². The van der Waals surface area contributed by atoms with Crippen LogP contribution in [0.5, 0.6) is 0 Å². The molecule has 18 heavy (non-hydrogen) atoms. The van der Waals surface area contributed by atoms with E-state index in [0.717, 1.165) is 25.2 Å². The molecule has 0 aliphatic carbocycles. The standard InChI is InChI=1S/C14H21N3S/c1-16-7-2-8-17(10-9-16)11-12-3-5-13(6-4-12)14(15)18/h3-6H,2,7-11H2,1H3,(H2,15,18). The van der Waals surface area contributed by atoms with Crippen LogP contribution in [-0.2, 0) is 6.54 Å². The third-order valence-electron chi connectivity index (χ3n) is 3.46. The SMILES string of the molecule is CN1CCCN(Cc2ccc(C(N)=S)cc2)CC1. The molecule has 1 heterocycles. The van der Waals surface area contributed by atoms with Gasteiger partial charge < -0.3 is 10.6 Å². The largest absolute Gasteiger partial charge is 0.389 e. The monoisotopic (exact) mass is 263 g/mol. The summed E-state index contributed by atoms with van der Waals surface area (Å²) in [5.41, 5.74) is 7.88. The van der Waals surface area contributed by atoms with Gasteiger partial charge in [-0.05, 0) is 32.1 Å². The highest BCUT2D eigenvalue weighted by Crippen LogP contribution is 2.10. The highest BCUT2D eigenvalue weighted by molar-refractivity contribution is 7.80. The maximum absolute atomic E-state index is 5.60. The fourth-order valence-electron chi connectivity index (χ4n) is 2.29. The molecule has 1 aromatic rings. The molecule has 0 aromatic heterocycles. The van der Waals surface area contributed by atoms with E-state index in [9.17, 15) is 0 Å². The molecule has 1 aromatic carbocycles. The summed E-state index contributed by atoms with van der Waals surface area (Å²) in [5.74, 6) is 0. The van der Waals surface area contributed by atoms with Crippen LogP contribution in [0, 0.1) is 0 Å². The zero-order valence-corrected chi connectivity index (χ0v) is 11.7. The lowest BCUT2D eigenvalue weighted by Gasteiger charge is -2.20. The van der Waals surface area contributed by atoms with E-state index in [1.54, 1.807) is 0 Å². The summed E-state index contributed by atoms with van der Waals surface area (Å²) >= 11 is 4.96. The van der Waals surface area contributed by atoms with Gasteiger partial charge in [0.2, 0.25) is 0 Å². The molecule has 0 bridgehead atoms. The number of thiocarbonyl (C=S) groups is 1. The molecule has 0 amide bonds. The van der Waals surface area contributed by atoms with Gasteiger partial charge in [-0.2, -0.15) is 0 Å². The minimum Gasteiger partial charge on any atom is -0.389 e. The second-order valence-corrected chi connectivity index (χ2v) is 5.43. The van der Waals surface area contributed by atoms with Gasteiger partial charge in [0.1, 0.15) is 4.99 Å². The van der Waals surface area contributed by atoms with E-state index in [1.807, 2.05) is 12.1 Å². The first-order valence-electron chi connectivity index (χ1n) is 6.45. The Morgan fingerprint density at radius 1 is 1.17 bits per heavy atom. The lowest BCUT2D eigenvalue weighted by Crippen LogP contribution is -2.28.